The van der Waals surface area contributed by atoms with E-state index in [2.05, 4.69) is 42.3 Å². The highest BCUT2D eigenvalue weighted by Crippen LogP contribution is 2.24. The first-order valence-corrected chi connectivity index (χ1v) is 12.6. The van der Waals surface area contributed by atoms with E-state index in [1.165, 1.54) is 21.1 Å². The number of carbonyl (C=O) groups is 1. The fraction of sp³-hybridized carbons (Fsp3) is 0.458. The summed E-state index contributed by atoms with van der Waals surface area (Å²) in [6.45, 7) is 12.1. The van der Waals surface area contributed by atoms with Crippen LogP contribution in [0.25, 0.3) is 0 Å². The van der Waals surface area contributed by atoms with Crippen LogP contribution in [0.1, 0.15) is 30.5 Å². The summed E-state index contributed by atoms with van der Waals surface area (Å²) in [5.74, 6) is 0. The molecule has 1 fully saturated rings. The Balaban J connectivity index is 1.53. The van der Waals surface area contributed by atoms with Crippen molar-refractivity contribution in [3.8, 4) is 0 Å². The summed E-state index contributed by atoms with van der Waals surface area (Å²) < 4.78 is 26.6. The maximum Gasteiger partial charge on any atom is 0.317 e. The molecule has 1 N–H and O–H groups in total. The lowest BCUT2D eigenvalue weighted by Gasteiger charge is -2.37. The molecule has 2 aromatic rings. The van der Waals surface area contributed by atoms with Crippen LogP contribution in [-0.4, -0.2) is 62.9 Å². The van der Waals surface area contributed by atoms with Crippen molar-refractivity contribution in [2.45, 2.75) is 39.1 Å². The number of benzene rings is 2. The molecule has 174 valence electrons. The third-order valence-corrected chi connectivity index (χ3v) is 8.26. The van der Waals surface area contributed by atoms with E-state index < -0.39 is 10.0 Å². The van der Waals surface area contributed by atoms with Gasteiger partial charge in [-0.2, -0.15) is 4.31 Å². The van der Waals surface area contributed by atoms with Gasteiger partial charge in [0.2, 0.25) is 10.0 Å². The number of amides is 2. The number of anilines is 1. The van der Waals surface area contributed by atoms with Gasteiger partial charge in [-0.15, -0.1) is 0 Å². The van der Waals surface area contributed by atoms with Crippen molar-refractivity contribution < 1.29 is 13.2 Å². The third kappa shape index (κ3) is 5.24. The third-order valence-electron chi connectivity index (χ3n) is 6.19. The fourth-order valence-electron chi connectivity index (χ4n) is 4.01. The molecule has 0 aromatic heterocycles. The van der Waals surface area contributed by atoms with E-state index in [1.54, 1.807) is 24.3 Å². The molecule has 0 spiro atoms. The lowest BCUT2D eigenvalue weighted by Crippen LogP contribution is -2.51. The highest BCUT2D eigenvalue weighted by Gasteiger charge is 2.23. The molecule has 0 unspecified atom stereocenters. The Hall–Kier alpha value is -2.58. The van der Waals surface area contributed by atoms with Gasteiger partial charge < -0.3 is 15.1 Å². The summed E-state index contributed by atoms with van der Waals surface area (Å²) in [6.07, 6.45) is 0. The molecular formula is C24H34N4O3S. The molecule has 1 aliphatic heterocycles. The second-order valence-electron chi connectivity index (χ2n) is 8.09. The summed E-state index contributed by atoms with van der Waals surface area (Å²) in [6, 6.07) is 13.0. The van der Waals surface area contributed by atoms with E-state index >= 15 is 0 Å². The van der Waals surface area contributed by atoms with Crippen LogP contribution in [0.4, 0.5) is 10.5 Å². The second-order valence-corrected chi connectivity index (χ2v) is 10.0. The number of hydrogen-bond donors (Lipinski definition) is 1. The van der Waals surface area contributed by atoms with E-state index in [0.717, 1.165) is 18.7 Å². The monoisotopic (exact) mass is 458 g/mol. The Morgan fingerprint density at radius 3 is 2.19 bits per heavy atom. The van der Waals surface area contributed by atoms with Gasteiger partial charge in [0.1, 0.15) is 0 Å². The SMILES string of the molecule is CCN(CC)S(=O)(=O)c1ccc(CNC(=O)N2CCN(c3cccc(C)c3C)CC2)cc1. The van der Waals surface area contributed by atoms with Gasteiger partial charge >= 0.3 is 6.03 Å². The highest BCUT2D eigenvalue weighted by molar-refractivity contribution is 7.89. The number of urea groups is 1. The number of nitrogens with one attached hydrogen (secondary N) is 1. The predicted octanol–water partition coefficient (Wildman–Crippen LogP) is 3.37. The predicted molar refractivity (Wildman–Crippen MR) is 128 cm³/mol. The van der Waals surface area contributed by atoms with Crippen molar-refractivity contribution in [2.75, 3.05) is 44.2 Å². The molecule has 2 amide bonds. The summed E-state index contributed by atoms with van der Waals surface area (Å²) in [5.41, 5.74) is 4.67. The molecule has 0 aliphatic carbocycles. The summed E-state index contributed by atoms with van der Waals surface area (Å²) >= 11 is 0. The number of sulfonamides is 1. The van der Waals surface area contributed by atoms with Crippen LogP contribution >= 0.6 is 0 Å². The first kappa shape index (κ1) is 24.1. The number of carbonyl (C=O) groups excluding carboxylic acids is 1. The van der Waals surface area contributed by atoms with Crippen LogP contribution in [-0.2, 0) is 16.6 Å². The molecule has 0 saturated carbocycles. The largest absolute Gasteiger partial charge is 0.368 e. The number of aryl methyl sites for hydroxylation is 1. The average Bonchev–Trinajstić information content (AvgIpc) is 2.80. The highest BCUT2D eigenvalue weighted by atomic mass is 32.2. The Morgan fingerprint density at radius 2 is 1.59 bits per heavy atom. The maximum atomic E-state index is 12.6. The minimum Gasteiger partial charge on any atom is -0.368 e. The zero-order valence-corrected chi connectivity index (χ0v) is 20.3. The van der Waals surface area contributed by atoms with Crippen LogP contribution in [0, 0.1) is 13.8 Å². The minimum absolute atomic E-state index is 0.0922. The van der Waals surface area contributed by atoms with Crippen molar-refractivity contribution in [3.05, 3.63) is 59.2 Å². The lowest BCUT2D eigenvalue weighted by molar-refractivity contribution is 0.194. The molecule has 0 bridgehead atoms. The van der Waals surface area contributed by atoms with Crippen molar-refractivity contribution in [1.82, 2.24) is 14.5 Å². The molecule has 3 rings (SSSR count). The molecule has 1 aliphatic rings. The Bertz CT molecular complexity index is 1030. The van der Waals surface area contributed by atoms with Gasteiger partial charge in [-0.25, -0.2) is 13.2 Å². The standard InChI is InChI=1S/C24H34N4O3S/c1-5-28(6-2)32(30,31)22-12-10-21(11-13-22)18-25-24(29)27-16-14-26(15-17-27)23-9-7-8-19(3)20(23)4/h7-13H,5-6,14-18H2,1-4H3,(H,25,29). The first-order chi connectivity index (χ1) is 15.3. The van der Waals surface area contributed by atoms with Gasteiger partial charge in [0, 0.05) is 51.5 Å². The van der Waals surface area contributed by atoms with Gasteiger partial charge in [-0.3, -0.25) is 0 Å². The average molecular weight is 459 g/mol. The molecule has 0 atom stereocenters. The minimum atomic E-state index is -3.47. The number of rotatable bonds is 7. The summed E-state index contributed by atoms with van der Waals surface area (Å²) in [7, 11) is -3.47. The van der Waals surface area contributed by atoms with Gasteiger partial charge in [0.25, 0.3) is 0 Å². The molecule has 1 saturated heterocycles. The van der Waals surface area contributed by atoms with E-state index in [9.17, 15) is 13.2 Å². The van der Waals surface area contributed by atoms with Gasteiger partial charge in [-0.1, -0.05) is 38.1 Å². The van der Waals surface area contributed by atoms with E-state index in [1.807, 2.05) is 18.7 Å². The molecule has 0 radical (unpaired) electrons. The zero-order valence-electron chi connectivity index (χ0n) is 19.5. The summed E-state index contributed by atoms with van der Waals surface area (Å²) in [5, 5.41) is 2.96. The molecule has 1 heterocycles. The Labute approximate surface area is 192 Å². The van der Waals surface area contributed by atoms with Crippen molar-refractivity contribution in [1.29, 1.82) is 0 Å². The van der Waals surface area contributed by atoms with Crippen LogP contribution in [0.15, 0.2) is 47.4 Å². The van der Waals surface area contributed by atoms with Crippen molar-refractivity contribution in [2.24, 2.45) is 0 Å². The van der Waals surface area contributed by atoms with Crippen LogP contribution < -0.4 is 10.2 Å². The van der Waals surface area contributed by atoms with E-state index in [4.69, 9.17) is 0 Å². The van der Waals surface area contributed by atoms with E-state index in [0.29, 0.717) is 32.7 Å². The topological polar surface area (TPSA) is 73.0 Å². The Kier molecular flexibility index (Phi) is 7.79. The fourth-order valence-corrected chi connectivity index (χ4v) is 5.47. The second kappa shape index (κ2) is 10.4. The summed E-state index contributed by atoms with van der Waals surface area (Å²) in [4.78, 5) is 17.1. The Morgan fingerprint density at radius 1 is 0.969 bits per heavy atom. The molecule has 2 aromatic carbocycles. The van der Waals surface area contributed by atoms with Crippen LogP contribution in [0.5, 0.6) is 0 Å². The lowest BCUT2D eigenvalue weighted by atomic mass is 10.1. The van der Waals surface area contributed by atoms with Crippen LogP contribution in [0.3, 0.4) is 0 Å². The number of nitrogens with zero attached hydrogens (tertiary/aromatic N) is 3. The zero-order chi connectivity index (χ0) is 23.3. The van der Waals surface area contributed by atoms with Gasteiger partial charge in [-0.05, 0) is 48.7 Å². The molecular weight excluding hydrogens is 424 g/mol. The van der Waals surface area contributed by atoms with Crippen molar-refractivity contribution in [3.63, 3.8) is 0 Å². The maximum absolute atomic E-state index is 12.6. The number of piperazine rings is 1. The van der Waals surface area contributed by atoms with Gasteiger partial charge in [0.05, 0.1) is 4.90 Å². The van der Waals surface area contributed by atoms with Crippen molar-refractivity contribution >= 4 is 21.7 Å². The van der Waals surface area contributed by atoms with E-state index in [-0.39, 0.29) is 10.9 Å². The van der Waals surface area contributed by atoms with Gasteiger partial charge in [0.15, 0.2) is 0 Å². The molecule has 8 heteroatoms. The molecule has 7 nitrogen and oxygen atoms in total. The first-order valence-electron chi connectivity index (χ1n) is 11.2. The normalized spacial score (nSPS) is 14.7. The molecule has 32 heavy (non-hydrogen) atoms. The quantitative estimate of drug-likeness (QED) is 0.691. The van der Waals surface area contributed by atoms with Crippen LogP contribution in [0.2, 0.25) is 0 Å². The number of hydrogen-bond acceptors (Lipinski definition) is 4. The smallest absolute Gasteiger partial charge is 0.317 e.